The molecular formula is C18H24FN3O. The van der Waals surface area contributed by atoms with Crippen LogP contribution in [0.5, 0.6) is 0 Å². The third-order valence-corrected chi connectivity index (χ3v) is 5.77. The Kier molecular flexibility index (Phi) is 4.07. The van der Waals surface area contributed by atoms with E-state index in [9.17, 15) is 9.18 Å². The number of likely N-dealkylation sites (tertiary alicyclic amines) is 1. The zero-order valence-electron chi connectivity index (χ0n) is 13.3. The fourth-order valence-electron chi connectivity index (χ4n) is 4.59. The van der Waals surface area contributed by atoms with E-state index in [1.54, 1.807) is 0 Å². The van der Waals surface area contributed by atoms with Crippen LogP contribution in [-0.4, -0.2) is 29.9 Å². The first-order chi connectivity index (χ1) is 11.2. The van der Waals surface area contributed by atoms with Gasteiger partial charge >= 0.3 is 0 Å². The molecule has 4 unspecified atom stereocenters. The van der Waals surface area contributed by atoms with Gasteiger partial charge in [0, 0.05) is 19.1 Å². The normalized spacial score (nSPS) is 33.7. The maximum Gasteiger partial charge on any atom is 0.227 e. The lowest BCUT2D eigenvalue weighted by atomic mass is 9.77. The van der Waals surface area contributed by atoms with Crippen molar-refractivity contribution in [2.75, 3.05) is 13.1 Å². The summed E-state index contributed by atoms with van der Waals surface area (Å²) < 4.78 is 13.2. The number of carbonyl (C=O) groups excluding carboxylic acids is 1. The lowest BCUT2D eigenvalue weighted by Gasteiger charge is -2.36. The van der Waals surface area contributed by atoms with Gasteiger partial charge in [0.25, 0.3) is 0 Å². The van der Waals surface area contributed by atoms with Gasteiger partial charge in [0.2, 0.25) is 5.91 Å². The lowest BCUT2D eigenvalue weighted by molar-refractivity contribution is -0.138. The molecule has 2 heterocycles. The van der Waals surface area contributed by atoms with Crippen LogP contribution in [-0.2, 0) is 4.79 Å². The van der Waals surface area contributed by atoms with Crippen LogP contribution in [0.4, 0.5) is 4.39 Å². The highest BCUT2D eigenvalue weighted by atomic mass is 19.1. The van der Waals surface area contributed by atoms with Gasteiger partial charge in [-0.15, -0.1) is 0 Å². The summed E-state index contributed by atoms with van der Waals surface area (Å²) in [5, 5.41) is 0. The first-order valence-electron chi connectivity index (χ1n) is 8.78. The van der Waals surface area contributed by atoms with Gasteiger partial charge in [-0.3, -0.25) is 15.6 Å². The molecule has 1 aromatic rings. The summed E-state index contributed by atoms with van der Waals surface area (Å²) in [4.78, 5) is 15.2. The summed E-state index contributed by atoms with van der Waals surface area (Å²) in [5.41, 5.74) is 7.61. The third-order valence-electron chi connectivity index (χ3n) is 5.77. The van der Waals surface area contributed by atoms with Crippen LogP contribution in [0.1, 0.15) is 43.7 Å². The average molecular weight is 317 g/mol. The van der Waals surface area contributed by atoms with Crippen molar-refractivity contribution in [1.82, 2.24) is 15.8 Å². The number of nitrogens with zero attached hydrogens (tertiary/aromatic N) is 1. The SMILES string of the molecule is O=C(C1CCCC2CNNC21)N1CCCC1c1ccc(F)cc1. The van der Waals surface area contributed by atoms with Crippen LogP contribution in [0.15, 0.2) is 24.3 Å². The zero-order valence-corrected chi connectivity index (χ0v) is 13.3. The van der Waals surface area contributed by atoms with Crippen LogP contribution >= 0.6 is 0 Å². The standard InChI is InChI=1S/C18H24FN3O/c19-14-8-6-12(7-9-14)16-5-2-10-22(16)18(23)15-4-1-3-13-11-20-21-17(13)15/h6-9,13,15-17,20-21H,1-5,10-11H2. The number of hydrogen-bond donors (Lipinski definition) is 2. The van der Waals surface area contributed by atoms with Crippen LogP contribution in [0, 0.1) is 17.7 Å². The monoisotopic (exact) mass is 317 g/mol. The van der Waals surface area contributed by atoms with Crippen molar-refractivity contribution in [3.8, 4) is 0 Å². The molecule has 2 aliphatic heterocycles. The van der Waals surface area contributed by atoms with Gasteiger partial charge in [-0.05, 0) is 49.3 Å². The maximum atomic E-state index is 13.2. The molecule has 124 valence electrons. The van der Waals surface area contributed by atoms with E-state index in [1.165, 1.54) is 18.6 Å². The second-order valence-electron chi connectivity index (χ2n) is 7.09. The van der Waals surface area contributed by atoms with Gasteiger partial charge < -0.3 is 4.90 Å². The summed E-state index contributed by atoms with van der Waals surface area (Å²) >= 11 is 0. The minimum atomic E-state index is -0.221. The first-order valence-corrected chi connectivity index (χ1v) is 8.78. The van der Waals surface area contributed by atoms with Gasteiger partial charge in [-0.2, -0.15) is 0 Å². The Morgan fingerprint density at radius 2 is 1.96 bits per heavy atom. The van der Waals surface area contributed by atoms with Crippen LogP contribution < -0.4 is 10.9 Å². The summed E-state index contributed by atoms with van der Waals surface area (Å²) in [5.74, 6) is 0.707. The molecule has 5 heteroatoms. The van der Waals surface area contributed by atoms with Crippen LogP contribution in [0.3, 0.4) is 0 Å². The zero-order chi connectivity index (χ0) is 15.8. The summed E-state index contributed by atoms with van der Waals surface area (Å²) in [6.45, 7) is 1.79. The minimum absolute atomic E-state index is 0.0739. The van der Waals surface area contributed by atoms with Gasteiger partial charge in [0.15, 0.2) is 0 Å². The molecule has 0 aromatic heterocycles. The van der Waals surface area contributed by atoms with E-state index in [0.717, 1.165) is 44.3 Å². The molecule has 2 saturated heterocycles. The molecule has 1 aromatic carbocycles. The smallest absolute Gasteiger partial charge is 0.227 e. The molecule has 4 nitrogen and oxygen atoms in total. The lowest BCUT2D eigenvalue weighted by Crippen LogP contribution is -2.49. The van der Waals surface area contributed by atoms with Crippen LogP contribution in [0.2, 0.25) is 0 Å². The van der Waals surface area contributed by atoms with Gasteiger partial charge in [-0.1, -0.05) is 18.6 Å². The van der Waals surface area contributed by atoms with Crippen molar-refractivity contribution in [3.63, 3.8) is 0 Å². The Morgan fingerprint density at radius 1 is 1.13 bits per heavy atom. The number of hydrogen-bond acceptors (Lipinski definition) is 3. The summed E-state index contributed by atoms with van der Waals surface area (Å²) in [6.07, 6.45) is 5.32. The molecule has 2 N–H and O–H groups in total. The molecule has 1 aliphatic carbocycles. The fraction of sp³-hybridized carbons (Fsp3) is 0.611. The van der Waals surface area contributed by atoms with E-state index in [1.807, 2.05) is 17.0 Å². The van der Waals surface area contributed by atoms with Gasteiger partial charge in [-0.25, -0.2) is 4.39 Å². The number of nitrogens with one attached hydrogen (secondary N) is 2. The van der Waals surface area contributed by atoms with Crippen molar-refractivity contribution in [2.24, 2.45) is 11.8 Å². The second-order valence-corrected chi connectivity index (χ2v) is 7.09. The summed E-state index contributed by atoms with van der Waals surface area (Å²) in [7, 11) is 0. The van der Waals surface area contributed by atoms with Crippen molar-refractivity contribution in [3.05, 3.63) is 35.6 Å². The predicted molar refractivity (Wildman–Crippen MR) is 85.8 cm³/mol. The molecule has 3 aliphatic rings. The molecule has 0 spiro atoms. The van der Waals surface area contributed by atoms with E-state index in [-0.39, 0.29) is 29.7 Å². The topological polar surface area (TPSA) is 44.4 Å². The largest absolute Gasteiger partial charge is 0.335 e. The number of fused-ring (bicyclic) bond motifs is 1. The highest BCUT2D eigenvalue weighted by Crippen LogP contribution is 2.38. The number of carbonyl (C=O) groups is 1. The number of halogens is 1. The Labute approximate surface area is 136 Å². The van der Waals surface area contributed by atoms with Crippen molar-refractivity contribution in [1.29, 1.82) is 0 Å². The highest BCUT2D eigenvalue weighted by Gasteiger charge is 2.43. The molecule has 4 rings (SSSR count). The molecule has 1 saturated carbocycles. The molecule has 4 atom stereocenters. The minimum Gasteiger partial charge on any atom is -0.335 e. The van der Waals surface area contributed by atoms with Crippen molar-refractivity contribution >= 4 is 5.91 Å². The highest BCUT2D eigenvalue weighted by molar-refractivity contribution is 5.80. The van der Waals surface area contributed by atoms with Gasteiger partial charge in [0.1, 0.15) is 5.82 Å². The summed E-state index contributed by atoms with van der Waals surface area (Å²) in [6, 6.07) is 7.02. The van der Waals surface area contributed by atoms with E-state index in [4.69, 9.17) is 0 Å². The third kappa shape index (κ3) is 2.76. The maximum absolute atomic E-state index is 13.2. The molecule has 0 radical (unpaired) electrons. The van der Waals surface area contributed by atoms with Crippen molar-refractivity contribution in [2.45, 2.75) is 44.2 Å². The average Bonchev–Trinajstić information content (AvgIpc) is 3.23. The Balaban J connectivity index is 1.53. The van der Waals surface area contributed by atoms with Gasteiger partial charge in [0.05, 0.1) is 12.0 Å². The second kappa shape index (κ2) is 6.21. The van der Waals surface area contributed by atoms with Crippen molar-refractivity contribution < 1.29 is 9.18 Å². The van der Waals surface area contributed by atoms with E-state index in [0.29, 0.717) is 5.92 Å². The Bertz CT molecular complexity index is 576. The fourth-order valence-corrected chi connectivity index (χ4v) is 4.59. The Morgan fingerprint density at radius 3 is 2.78 bits per heavy atom. The van der Waals surface area contributed by atoms with E-state index < -0.39 is 0 Å². The number of rotatable bonds is 2. The van der Waals surface area contributed by atoms with E-state index >= 15 is 0 Å². The van der Waals surface area contributed by atoms with E-state index in [2.05, 4.69) is 10.9 Å². The number of amides is 1. The van der Waals surface area contributed by atoms with Crippen LogP contribution in [0.25, 0.3) is 0 Å². The molecular weight excluding hydrogens is 293 g/mol. The first kappa shape index (κ1) is 15.1. The Hall–Kier alpha value is -1.46. The quantitative estimate of drug-likeness (QED) is 0.880. The predicted octanol–water partition coefficient (Wildman–Crippen LogP) is 2.38. The molecule has 3 fully saturated rings. The number of benzene rings is 1. The molecule has 0 bridgehead atoms. The molecule has 1 amide bonds. The number of hydrazine groups is 1. The molecule has 23 heavy (non-hydrogen) atoms.